The zero-order valence-electron chi connectivity index (χ0n) is 13.0. The van der Waals surface area contributed by atoms with Gasteiger partial charge in [0.05, 0.1) is 20.8 Å². The highest BCUT2D eigenvalue weighted by atomic mass is 32.1. The number of thiazole rings is 1. The molecule has 0 aliphatic heterocycles. The lowest BCUT2D eigenvalue weighted by Gasteiger charge is -2.02. The number of fused-ring (bicyclic) bond motifs is 2. The number of anilines is 1. The summed E-state index contributed by atoms with van der Waals surface area (Å²) in [6.45, 7) is 1.77. The Labute approximate surface area is 144 Å². The molecule has 0 aliphatic carbocycles. The van der Waals surface area contributed by atoms with Crippen LogP contribution in [-0.2, 0) is 0 Å². The summed E-state index contributed by atoms with van der Waals surface area (Å²) in [5.41, 5.74) is 2.32. The number of non-ortho nitro benzene ring substituents is 1. The largest absolute Gasteiger partial charge is 0.296 e. The molecule has 0 aliphatic rings. The first-order valence-corrected chi connectivity index (χ1v) is 8.14. The number of rotatable bonds is 3. The predicted octanol–water partition coefficient (Wildman–Crippen LogP) is 3.41. The molecule has 0 saturated carbocycles. The van der Waals surface area contributed by atoms with Crippen molar-refractivity contribution in [3.05, 3.63) is 64.1 Å². The van der Waals surface area contributed by atoms with E-state index < -0.39 is 4.92 Å². The number of nitro benzene ring substituents is 1. The molecular formula is C16H11N5O3S. The molecule has 1 amide bonds. The molecule has 8 nitrogen and oxygen atoms in total. The summed E-state index contributed by atoms with van der Waals surface area (Å²) < 4.78 is 2.35. The highest BCUT2D eigenvalue weighted by Gasteiger charge is 2.18. The monoisotopic (exact) mass is 353 g/mol. The van der Waals surface area contributed by atoms with E-state index >= 15 is 0 Å². The van der Waals surface area contributed by atoms with Gasteiger partial charge in [-0.2, -0.15) is 0 Å². The van der Waals surface area contributed by atoms with E-state index in [0.29, 0.717) is 32.4 Å². The Morgan fingerprint density at radius 1 is 1.28 bits per heavy atom. The number of nitro groups is 1. The Balaban J connectivity index is 1.69. The third-order valence-electron chi connectivity index (χ3n) is 3.72. The van der Waals surface area contributed by atoms with Gasteiger partial charge in [-0.25, -0.2) is 9.97 Å². The maximum atomic E-state index is 12.6. The maximum absolute atomic E-state index is 12.6. The number of nitrogens with one attached hydrogen (secondary N) is 1. The fourth-order valence-corrected chi connectivity index (χ4v) is 3.52. The van der Waals surface area contributed by atoms with Crippen molar-refractivity contribution in [3.63, 3.8) is 0 Å². The quantitative estimate of drug-likeness (QED) is 0.449. The van der Waals surface area contributed by atoms with Crippen LogP contribution in [0.15, 0.2) is 42.6 Å². The van der Waals surface area contributed by atoms with E-state index in [-0.39, 0.29) is 11.6 Å². The molecule has 0 fully saturated rings. The van der Waals surface area contributed by atoms with Crippen molar-refractivity contribution in [2.45, 2.75) is 6.92 Å². The van der Waals surface area contributed by atoms with Crippen LogP contribution < -0.4 is 5.32 Å². The number of carbonyl (C=O) groups is 1. The molecule has 1 aromatic carbocycles. The highest BCUT2D eigenvalue weighted by molar-refractivity contribution is 7.22. The molecule has 1 N–H and O–H groups in total. The van der Waals surface area contributed by atoms with Crippen LogP contribution in [0.4, 0.5) is 10.8 Å². The minimum atomic E-state index is -0.459. The van der Waals surface area contributed by atoms with Crippen LogP contribution in [-0.4, -0.2) is 25.2 Å². The third kappa shape index (κ3) is 2.60. The molecule has 3 aromatic heterocycles. The van der Waals surface area contributed by atoms with Crippen molar-refractivity contribution < 1.29 is 9.72 Å². The number of hydrogen-bond acceptors (Lipinski definition) is 6. The number of aryl methyl sites for hydroxylation is 1. The molecule has 0 unspecified atom stereocenters. The van der Waals surface area contributed by atoms with E-state index in [9.17, 15) is 14.9 Å². The molecule has 0 bridgehead atoms. The van der Waals surface area contributed by atoms with Gasteiger partial charge in [0.25, 0.3) is 11.6 Å². The molecule has 0 saturated heterocycles. The molecule has 0 radical (unpaired) electrons. The molecule has 4 rings (SSSR count). The van der Waals surface area contributed by atoms with E-state index in [0.717, 1.165) is 0 Å². The second kappa shape index (κ2) is 5.64. The van der Waals surface area contributed by atoms with Gasteiger partial charge >= 0.3 is 0 Å². The van der Waals surface area contributed by atoms with Gasteiger partial charge in [0.2, 0.25) is 0 Å². The first kappa shape index (κ1) is 15.2. The summed E-state index contributed by atoms with van der Waals surface area (Å²) in [4.78, 5) is 31.7. The van der Waals surface area contributed by atoms with Gasteiger partial charge in [-0.15, -0.1) is 0 Å². The number of hydrogen-bond donors (Lipinski definition) is 1. The van der Waals surface area contributed by atoms with Crippen molar-refractivity contribution in [2.75, 3.05) is 5.32 Å². The van der Waals surface area contributed by atoms with Crippen molar-refractivity contribution in [1.82, 2.24) is 14.4 Å². The zero-order valence-corrected chi connectivity index (χ0v) is 13.8. The zero-order chi connectivity index (χ0) is 17.6. The number of nitrogens with zero attached hydrogens (tertiary/aromatic N) is 4. The summed E-state index contributed by atoms with van der Waals surface area (Å²) in [6.07, 6.45) is 1.77. The van der Waals surface area contributed by atoms with E-state index in [1.54, 1.807) is 23.6 Å². The van der Waals surface area contributed by atoms with Crippen LogP contribution in [0.3, 0.4) is 0 Å². The summed E-state index contributed by atoms with van der Waals surface area (Å²) in [7, 11) is 0. The highest BCUT2D eigenvalue weighted by Crippen LogP contribution is 2.29. The minimum absolute atomic E-state index is 0.00773. The smallest absolute Gasteiger partial charge is 0.276 e. The second-order valence-corrected chi connectivity index (χ2v) is 6.39. The lowest BCUT2D eigenvalue weighted by molar-refractivity contribution is -0.384. The van der Waals surface area contributed by atoms with E-state index in [1.807, 2.05) is 18.2 Å². The predicted molar refractivity (Wildman–Crippen MR) is 94.2 cm³/mol. The Morgan fingerprint density at radius 3 is 2.92 bits per heavy atom. The van der Waals surface area contributed by atoms with Crippen molar-refractivity contribution in [3.8, 4) is 0 Å². The number of imidazole rings is 1. The summed E-state index contributed by atoms with van der Waals surface area (Å²) >= 11 is 1.19. The summed E-state index contributed by atoms with van der Waals surface area (Å²) in [5, 5.41) is 14.0. The van der Waals surface area contributed by atoms with Gasteiger partial charge in [-0.3, -0.25) is 24.6 Å². The second-order valence-electron chi connectivity index (χ2n) is 5.36. The van der Waals surface area contributed by atoms with E-state index in [4.69, 9.17) is 0 Å². The Bertz CT molecular complexity index is 1150. The van der Waals surface area contributed by atoms with Crippen LogP contribution in [0.1, 0.15) is 16.2 Å². The average Bonchev–Trinajstić information content (AvgIpc) is 3.12. The van der Waals surface area contributed by atoms with Crippen molar-refractivity contribution in [2.24, 2.45) is 0 Å². The SMILES string of the molecule is Cc1nc2ccccn2c1C(=O)Nc1nc2ccc([N+](=O)[O-])cc2s1. The minimum Gasteiger partial charge on any atom is -0.296 e. The molecule has 4 aromatic rings. The summed E-state index contributed by atoms with van der Waals surface area (Å²) in [6, 6.07) is 9.90. The topological polar surface area (TPSA) is 102 Å². The fourth-order valence-electron chi connectivity index (χ4n) is 2.62. The molecule has 0 atom stereocenters. The molecule has 3 heterocycles. The van der Waals surface area contributed by atoms with Gasteiger partial charge in [0.15, 0.2) is 5.13 Å². The maximum Gasteiger partial charge on any atom is 0.276 e. The number of pyridine rings is 1. The fraction of sp³-hybridized carbons (Fsp3) is 0.0625. The van der Waals surface area contributed by atoms with Crippen LogP contribution in [0.25, 0.3) is 15.9 Å². The summed E-state index contributed by atoms with van der Waals surface area (Å²) in [5.74, 6) is -0.329. The molecule has 25 heavy (non-hydrogen) atoms. The van der Waals surface area contributed by atoms with Crippen molar-refractivity contribution >= 4 is 43.9 Å². The van der Waals surface area contributed by atoms with Crippen LogP contribution in [0.2, 0.25) is 0 Å². The Kier molecular flexibility index (Phi) is 3.43. The van der Waals surface area contributed by atoms with Crippen molar-refractivity contribution in [1.29, 1.82) is 0 Å². The molecule has 124 valence electrons. The number of benzene rings is 1. The van der Waals surface area contributed by atoms with Gasteiger partial charge in [-0.1, -0.05) is 17.4 Å². The normalized spacial score (nSPS) is 11.1. The standard InChI is InChI=1S/C16H11N5O3S/c1-9-14(20-7-3-2-4-13(20)17-9)15(22)19-16-18-11-6-5-10(21(23)24)8-12(11)25-16/h2-8H,1H3,(H,18,19,22). The van der Waals surface area contributed by atoms with Crippen LogP contribution in [0, 0.1) is 17.0 Å². The number of aromatic nitrogens is 3. The average molecular weight is 353 g/mol. The lowest BCUT2D eigenvalue weighted by atomic mass is 10.3. The van der Waals surface area contributed by atoms with E-state index in [2.05, 4.69) is 15.3 Å². The third-order valence-corrected chi connectivity index (χ3v) is 4.66. The van der Waals surface area contributed by atoms with Crippen LogP contribution >= 0.6 is 11.3 Å². The lowest BCUT2D eigenvalue weighted by Crippen LogP contribution is -2.15. The number of carbonyl (C=O) groups excluding carboxylic acids is 1. The molecule has 0 spiro atoms. The van der Waals surface area contributed by atoms with Gasteiger partial charge in [-0.05, 0) is 25.1 Å². The van der Waals surface area contributed by atoms with Crippen LogP contribution in [0.5, 0.6) is 0 Å². The molecular weight excluding hydrogens is 342 g/mol. The van der Waals surface area contributed by atoms with Gasteiger partial charge < -0.3 is 0 Å². The van der Waals surface area contributed by atoms with Gasteiger partial charge in [0, 0.05) is 18.3 Å². The van der Waals surface area contributed by atoms with Gasteiger partial charge in [0.1, 0.15) is 11.3 Å². The Hall–Kier alpha value is -3.33. The molecule has 9 heteroatoms. The first-order valence-electron chi connectivity index (χ1n) is 7.33. The number of amides is 1. The van der Waals surface area contributed by atoms with E-state index in [1.165, 1.54) is 23.5 Å². The Morgan fingerprint density at radius 2 is 2.12 bits per heavy atom. The first-order chi connectivity index (χ1) is 12.0.